The molecule has 1 N–H and O–H groups in total. The normalized spacial score (nSPS) is 16.2. The minimum atomic E-state index is 0.272. The van der Waals surface area contributed by atoms with Gasteiger partial charge in [-0.3, -0.25) is 0 Å². The fourth-order valence-corrected chi connectivity index (χ4v) is 1.41. The van der Waals surface area contributed by atoms with Gasteiger partial charge in [0, 0.05) is 11.9 Å². The Bertz CT molecular complexity index is 115. The number of alkyl halides is 1. The standard InChI is InChI=1S/C11H24ClN/c1-5-6-10(4)7-13-8-11(12)9(2)3/h9-11,13H,5-8H2,1-4H3. The van der Waals surface area contributed by atoms with Gasteiger partial charge in [-0.15, -0.1) is 11.6 Å². The van der Waals surface area contributed by atoms with Crippen molar-refractivity contribution in [2.24, 2.45) is 11.8 Å². The van der Waals surface area contributed by atoms with Gasteiger partial charge < -0.3 is 5.32 Å². The zero-order valence-corrected chi connectivity index (χ0v) is 10.2. The highest BCUT2D eigenvalue weighted by Gasteiger charge is 2.09. The van der Waals surface area contributed by atoms with E-state index in [4.69, 9.17) is 11.6 Å². The van der Waals surface area contributed by atoms with Gasteiger partial charge in [-0.05, 0) is 24.8 Å². The monoisotopic (exact) mass is 205 g/mol. The maximum atomic E-state index is 6.11. The lowest BCUT2D eigenvalue weighted by Gasteiger charge is -2.16. The van der Waals surface area contributed by atoms with Gasteiger partial charge >= 0.3 is 0 Å². The molecule has 13 heavy (non-hydrogen) atoms. The Hall–Kier alpha value is 0.250. The van der Waals surface area contributed by atoms with Crippen LogP contribution in [0, 0.1) is 11.8 Å². The molecule has 2 heteroatoms. The third-order valence-electron chi connectivity index (χ3n) is 2.34. The molecule has 0 amide bonds. The summed E-state index contributed by atoms with van der Waals surface area (Å²) >= 11 is 6.11. The second-order valence-electron chi connectivity index (χ2n) is 4.31. The van der Waals surface area contributed by atoms with Gasteiger partial charge in [0.2, 0.25) is 0 Å². The SMILES string of the molecule is CCCC(C)CNCC(Cl)C(C)C. The van der Waals surface area contributed by atoms with Crippen LogP contribution in [0.25, 0.3) is 0 Å². The van der Waals surface area contributed by atoms with E-state index in [-0.39, 0.29) is 5.38 Å². The van der Waals surface area contributed by atoms with E-state index in [1.165, 1.54) is 12.8 Å². The third kappa shape index (κ3) is 7.33. The van der Waals surface area contributed by atoms with Crippen molar-refractivity contribution in [3.8, 4) is 0 Å². The minimum absolute atomic E-state index is 0.272. The van der Waals surface area contributed by atoms with E-state index in [1.807, 2.05) is 0 Å². The van der Waals surface area contributed by atoms with Crippen LogP contribution in [0.15, 0.2) is 0 Å². The number of hydrogen-bond acceptors (Lipinski definition) is 1. The van der Waals surface area contributed by atoms with E-state index in [2.05, 4.69) is 33.0 Å². The van der Waals surface area contributed by atoms with Gasteiger partial charge in [0.25, 0.3) is 0 Å². The summed E-state index contributed by atoms with van der Waals surface area (Å²) < 4.78 is 0. The van der Waals surface area contributed by atoms with Crippen LogP contribution < -0.4 is 5.32 Å². The molecule has 0 bridgehead atoms. The molecule has 1 nitrogen and oxygen atoms in total. The van der Waals surface area contributed by atoms with Gasteiger partial charge in [-0.2, -0.15) is 0 Å². The summed E-state index contributed by atoms with van der Waals surface area (Å²) in [6.45, 7) is 10.9. The Kier molecular flexibility index (Phi) is 7.78. The first-order valence-corrected chi connectivity index (χ1v) is 5.86. The lowest BCUT2D eigenvalue weighted by molar-refractivity contribution is 0.457. The van der Waals surface area contributed by atoms with Crippen molar-refractivity contribution in [2.75, 3.05) is 13.1 Å². The van der Waals surface area contributed by atoms with Crippen molar-refractivity contribution in [2.45, 2.75) is 45.9 Å². The molecule has 0 fully saturated rings. The first-order valence-electron chi connectivity index (χ1n) is 5.42. The van der Waals surface area contributed by atoms with Gasteiger partial charge in [-0.25, -0.2) is 0 Å². The fourth-order valence-electron chi connectivity index (χ4n) is 1.30. The van der Waals surface area contributed by atoms with Gasteiger partial charge in [0.1, 0.15) is 0 Å². The highest BCUT2D eigenvalue weighted by Crippen LogP contribution is 2.08. The Morgan fingerprint density at radius 1 is 1.15 bits per heavy atom. The Morgan fingerprint density at radius 2 is 1.77 bits per heavy atom. The molecule has 0 aliphatic carbocycles. The van der Waals surface area contributed by atoms with Gasteiger partial charge in [0.15, 0.2) is 0 Å². The van der Waals surface area contributed by atoms with E-state index in [9.17, 15) is 0 Å². The van der Waals surface area contributed by atoms with Crippen molar-refractivity contribution in [3.63, 3.8) is 0 Å². The summed E-state index contributed by atoms with van der Waals surface area (Å²) in [5.74, 6) is 1.34. The first-order chi connectivity index (χ1) is 6.07. The van der Waals surface area contributed by atoms with E-state index >= 15 is 0 Å². The molecule has 2 unspecified atom stereocenters. The fraction of sp³-hybridized carbons (Fsp3) is 1.00. The predicted molar refractivity (Wildman–Crippen MR) is 61.4 cm³/mol. The van der Waals surface area contributed by atoms with Gasteiger partial charge in [0.05, 0.1) is 0 Å². The van der Waals surface area contributed by atoms with Crippen molar-refractivity contribution < 1.29 is 0 Å². The van der Waals surface area contributed by atoms with Crippen molar-refractivity contribution in [1.29, 1.82) is 0 Å². The van der Waals surface area contributed by atoms with Crippen molar-refractivity contribution in [1.82, 2.24) is 5.32 Å². The van der Waals surface area contributed by atoms with Gasteiger partial charge in [-0.1, -0.05) is 34.1 Å². The largest absolute Gasteiger partial charge is 0.315 e. The third-order valence-corrected chi connectivity index (χ3v) is 3.00. The van der Waals surface area contributed by atoms with Crippen LogP contribution in [0.1, 0.15) is 40.5 Å². The van der Waals surface area contributed by atoms with Crippen LogP contribution >= 0.6 is 11.6 Å². The number of hydrogen-bond donors (Lipinski definition) is 1. The first kappa shape index (κ1) is 13.2. The van der Waals surface area contributed by atoms with Crippen LogP contribution in [-0.4, -0.2) is 18.5 Å². The van der Waals surface area contributed by atoms with E-state index in [0.29, 0.717) is 5.92 Å². The molecule has 0 spiro atoms. The molecule has 0 aliphatic rings. The zero-order valence-electron chi connectivity index (χ0n) is 9.44. The smallest absolute Gasteiger partial charge is 0.0483 e. The van der Waals surface area contributed by atoms with E-state index in [1.54, 1.807) is 0 Å². The predicted octanol–water partition coefficient (Wildman–Crippen LogP) is 3.28. The highest BCUT2D eigenvalue weighted by atomic mass is 35.5. The molecule has 2 atom stereocenters. The number of rotatable bonds is 7. The molecule has 0 saturated carbocycles. The summed E-state index contributed by atoms with van der Waals surface area (Å²) in [4.78, 5) is 0. The van der Waals surface area contributed by atoms with Crippen molar-refractivity contribution >= 4 is 11.6 Å². The molecule has 0 aromatic carbocycles. The molecule has 0 saturated heterocycles. The number of halogens is 1. The van der Waals surface area contributed by atoms with Crippen LogP contribution in [0.4, 0.5) is 0 Å². The zero-order chi connectivity index (χ0) is 10.3. The number of nitrogens with one attached hydrogen (secondary N) is 1. The second-order valence-corrected chi connectivity index (χ2v) is 4.87. The molecule has 0 aromatic heterocycles. The molecule has 0 aliphatic heterocycles. The quantitative estimate of drug-likeness (QED) is 0.630. The van der Waals surface area contributed by atoms with Crippen LogP contribution in [0.5, 0.6) is 0 Å². The van der Waals surface area contributed by atoms with Crippen LogP contribution in [0.3, 0.4) is 0 Å². The maximum Gasteiger partial charge on any atom is 0.0483 e. The summed E-state index contributed by atoms with van der Waals surface area (Å²) in [5.41, 5.74) is 0. The summed E-state index contributed by atoms with van der Waals surface area (Å²) in [7, 11) is 0. The van der Waals surface area contributed by atoms with E-state index < -0.39 is 0 Å². The average molecular weight is 206 g/mol. The molecular weight excluding hydrogens is 182 g/mol. The summed E-state index contributed by atoms with van der Waals surface area (Å²) in [5, 5.41) is 3.69. The average Bonchev–Trinajstić information content (AvgIpc) is 2.04. The Labute approximate surface area is 88.2 Å². The maximum absolute atomic E-state index is 6.11. The molecule has 0 radical (unpaired) electrons. The molecule has 0 aromatic rings. The highest BCUT2D eigenvalue weighted by molar-refractivity contribution is 6.20. The molecular formula is C11H24ClN. The molecule has 80 valence electrons. The Morgan fingerprint density at radius 3 is 2.23 bits per heavy atom. The molecule has 0 heterocycles. The topological polar surface area (TPSA) is 12.0 Å². The summed E-state index contributed by atoms with van der Waals surface area (Å²) in [6, 6.07) is 0. The van der Waals surface area contributed by atoms with Crippen LogP contribution in [0.2, 0.25) is 0 Å². The van der Waals surface area contributed by atoms with E-state index in [0.717, 1.165) is 19.0 Å². The second kappa shape index (κ2) is 7.64. The lowest BCUT2D eigenvalue weighted by Crippen LogP contribution is -2.30. The minimum Gasteiger partial charge on any atom is -0.315 e. The Balaban J connectivity index is 3.33. The summed E-state index contributed by atoms with van der Waals surface area (Å²) in [6.07, 6.45) is 2.58. The lowest BCUT2D eigenvalue weighted by atomic mass is 10.1. The van der Waals surface area contributed by atoms with Crippen molar-refractivity contribution in [3.05, 3.63) is 0 Å². The van der Waals surface area contributed by atoms with Crippen LogP contribution in [-0.2, 0) is 0 Å². The molecule has 0 rings (SSSR count).